The number of pyridine rings is 1. The molecule has 1 saturated heterocycles. The molecular formula is C27H28F2N4O3. The molecule has 1 saturated carbocycles. The zero-order valence-corrected chi connectivity index (χ0v) is 20.2. The van der Waals surface area contributed by atoms with Gasteiger partial charge >= 0.3 is 6.03 Å². The number of likely N-dealkylation sites (tertiary alicyclic amines) is 1. The predicted octanol–water partition coefficient (Wildman–Crippen LogP) is 4.21. The fourth-order valence-electron chi connectivity index (χ4n) is 5.02. The van der Waals surface area contributed by atoms with Crippen LogP contribution >= 0.6 is 0 Å². The van der Waals surface area contributed by atoms with E-state index in [0.29, 0.717) is 25.8 Å². The summed E-state index contributed by atoms with van der Waals surface area (Å²) in [5.74, 6) is -2.82. The molecule has 5 rings (SSSR count). The lowest BCUT2D eigenvalue weighted by molar-refractivity contribution is -0.129. The van der Waals surface area contributed by atoms with Crippen molar-refractivity contribution >= 4 is 22.8 Å². The van der Waals surface area contributed by atoms with Gasteiger partial charge in [-0.25, -0.2) is 13.6 Å². The molecule has 2 aliphatic rings. The number of hydrogen-bond donors (Lipinski definition) is 2. The molecule has 2 N–H and O–H groups in total. The number of carbonyl (C=O) groups excluding carboxylic acids is 2. The fraction of sp³-hybridized carbons (Fsp3) is 0.370. The molecule has 0 spiro atoms. The third-order valence-corrected chi connectivity index (χ3v) is 7.03. The van der Waals surface area contributed by atoms with Gasteiger partial charge in [0.1, 0.15) is 23.4 Å². The quantitative estimate of drug-likeness (QED) is 0.515. The standard InChI is InChI=1S/C27H28F2N4O3/c1-3-12-33-15-18(23-19(28)13-17(36-2)14-20(23)29)24(25(33)34)31-26(35)32-27(10-11-27)22-9-8-16-6-4-5-7-21(16)30-22/h4-9,13-14,18,24H,3,10-12,15H2,1-2H3,(H2,31,32,35)/t18-,24-/m0/s1. The van der Waals surface area contributed by atoms with Crippen molar-refractivity contribution in [3.05, 3.63) is 71.4 Å². The SMILES string of the molecule is CCCN1C[C@@H](c2c(F)cc(OC)cc2F)[C@H](NC(=O)NC2(c3ccc4ccccc4n3)CC2)C1=O. The summed E-state index contributed by atoms with van der Waals surface area (Å²) in [4.78, 5) is 32.5. The maximum Gasteiger partial charge on any atom is 0.316 e. The minimum Gasteiger partial charge on any atom is -0.497 e. The van der Waals surface area contributed by atoms with Gasteiger partial charge in [0.15, 0.2) is 0 Å². The number of halogens is 2. The van der Waals surface area contributed by atoms with Gasteiger partial charge in [0.2, 0.25) is 5.91 Å². The van der Waals surface area contributed by atoms with Crippen LogP contribution in [-0.2, 0) is 10.3 Å². The Morgan fingerprint density at radius 1 is 1.17 bits per heavy atom. The minimum atomic E-state index is -1.10. The van der Waals surface area contributed by atoms with E-state index >= 15 is 0 Å². The molecular weight excluding hydrogens is 466 g/mol. The first-order valence-corrected chi connectivity index (χ1v) is 12.1. The van der Waals surface area contributed by atoms with Crippen LogP contribution in [-0.4, -0.2) is 48.1 Å². The molecule has 7 nitrogen and oxygen atoms in total. The molecule has 1 aromatic heterocycles. The summed E-state index contributed by atoms with van der Waals surface area (Å²) in [7, 11) is 1.32. The van der Waals surface area contributed by atoms with Crippen molar-refractivity contribution in [2.75, 3.05) is 20.2 Å². The molecule has 3 amide bonds. The molecule has 188 valence electrons. The van der Waals surface area contributed by atoms with Gasteiger partial charge in [-0.05, 0) is 31.4 Å². The van der Waals surface area contributed by atoms with Gasteiger partial charge in [-0.2, -0.15) is 0 Å². The monoisotopic (exact) mass is 494 g/mol. The van der Waals surface area contributed by atoms with Crippen LogP contribution < -0.4 is 15.4 Å². The maximum absolute atomic E-state index is 14.9. The predicted molar refractivity (Wildman–Crippen MR) is 131 cm³/mol. The summed E-state index contributed by atoms with van der Waals surface area (Å²) in [6.45, 7) is 2.45. The first-order valence-electron chi connectivity index (χ1n) is 12.1. The first-order chi connectivity index (χ1) is 17.3. The minimum absolute atomic E-state index is 0.0456. The zero-order chi connectivity index (χ0) is 25.4. The maximum atomic E-state index is 14.9. The van der Waals surface area contributed by atoms with Crippen LogP contribution in [0.25, 0.3) is 10.9 Å². The molecule has 1 aliphatic heterocycles. The number of para-hydroxylation sites is 1. The van der Waals surface area contributed by atoms with Gasteiger partial charge < -0.3 is 20.3 Å². The Kier molecular flexibility index (Phi) is 6.24. The number of nitrogens with zero attached hydrogens (tertiary/aromatic N) is 2. The second kappa shape index (κ2) is 9.37. The highest BCUT2D eigenvalue weighted by atomic mass is 19.1. The van der Waals surface area contributed by atoms with Crippen LogP contribution in [0.2, 0.25) is 0 Å². The number of aromatic nitrogens is 1. The normalized spacial score (nSPS) is 20.4. The Morgan fingerprint density at radius 3 is 2.56 bits per heavy atom. The average molecular weight is 495 g/mol. The van der Waals surface area contributed by atoms with Crippen LogP contribution in [0, 0.1) is 11.6 Å². The summed E-state index contributed by atoms with van der Waals surface area (Å²) in [6.07, 6.45) is 2.09. The number of amides is 3. The molecule has 2 fully saturated rings. The van der Waals surface area contributed by atoms with Gasteiger partial charge in [0.25, 0.3) is 0 Å². The lowest BCUT2D eigenvalue weighted by Gasteiger charge is -2.23. The molecule has 36 heavy (non-hydrogen) atoms. The molecule has 3 aromatic rings. The number of hydrogen-bond acceptors (Lipinski definition) is 4. The number of benzene rings is 2. The van der Waals surface area contributed by atoms with Crippen molar-refractivity contribution in [1.29, 1.82) is 0 Å². The Labute approximate surface area is 207 Å². The van der Waals surface area contributed by atoms with Crippen LogP contribution in [0.3, 0.4) is 0 Å². The van der Waals surface area contributed by atoms with Gasteiger partial charge in [0, 0.05) is 42.1 Å². The topological polar surface area (TPSA) is 83.6 Å². The number of carbonyl (C=O) groups is 2. The molecule has 2 atom stereocenters. The van der Waals surface area contributed by atoms with E-state index in [-0.39, 0.29) is 23.8 Å². The van der Waals surface area contributed by atoms with E-state index in [2.05, 4.69) is 10.6 Å². The van der Waals surface area contributed by atoms with Gasteiger partial charge in [-0.3, -0.25) is 9.78 Å². The van der Waals surface area contributed by atoms with Crippen LogP contribution in [0.4, 0.5) is 13.6 Å². The van der Waals surface area contributed by atoms with Crippen LogP contribution in [0.5, 0.6) is 5.75 Å². The number of urea groups is 1. The number of fused-ring (bicyclic) bond motifs is 1. The molecule has 2 heterocycles. The Morgan fingerprint density at radius 2 is 1.89 bits per heavy atom. The van der Waals surface area contributed by atoms with E-state index in [4.69, 9.17) is 9.72 Å². The van der Waals surface area contributed by atoms with Crippen LogP contribution in [0.15, 0.2) is 48.5 Å². The van der Waals surface area contributed by atoms with Crippen molar-refractivity contribution in [3.8, 4) is 5.75 Å². The number of ether oxygens (including phenoxy) is 1. The van der Waals surface area contributed by atoms with E-state index in [1.165, 1.54) is 12.0 Å². The summed E-state index contributed by atoms with van der Waals surface area (Å²) in [6, 6.07) is 12.1. The van der Waals surface area contributed by atoms with E-state index in [1.807, 2.05) is 43.3 Å². The largest absolute Gasteiger partial charge is 0.497 e. The number of methoxy groups -OCH3 is 1. The van der Waals surface area contributed by atoms with E-state index < -0.39 is 35.2 Å². The second-order valence-electron chi connectivity index (χ2n) is 9.44. The zero-order valence-electron chi connectivity index (χ0n) is 20.2. The average Bonchev–Trinajstić information content (AvgIpc) is 3.59. The summed E-state index contributed by atoms with van der Waals surface area (Å²) in [5.41, 5.74) is 0.705. The summed E-state index contributed by atoms with van der Waals surface area (Å²) < 4.78 is 34.8. The molecule has 1 aliphatic carbocycles. The molecule has 0 unspecified atom stereocenters. The Balaban J connectivity index is 1.39. The first kappa shape index (κ1) is 24.0. The highest BCUT2D eigenvalue weighted by Gasteiger charge is 2.49. The lowest BCUT2D eigenvalue weighted by Crippen LogP contribution is -2.50. The van der Waals surface area contributed by atoms with Crippen LogP contribution in [0.1, 0.15) is 43.4 Å². The van der Waals surface area contributed by atoms with E-state index in [9.17, 15) is 18.4 Å². The lowest BCUT2D eigenvalue weighted by atomic mass is 9.92. The number of nitrogens with one attached hydrogen (secondary N) is 2. The number of rotatable bonds is 7. The fourth-order valence-corrected chi connectivity index (χ4v) is 5.02. The third kappa shape index (κ3) is 4.34. The third-order valence-electron chi connectivity index (χ3n) is 7.03. The van der Waals surface area contributed by atoms with Gasteiger partial charge in [-0.1, -0.05) is 31.2 Å². The van der Waals surface area contributed by atoms with Gasteiger partial charge in [0.05, 0.1) is 23.9 Å². The molecule has 9 heteroatoms. The van der Waals surface area contributed by atoms with Crippen molar-refractivity contribution in [2.45, 2.75) is 43.7 Å². The van der Waals surface area contributed by atoms with E-state index in [1.54, 1.807) is 0 Å². The van der Waals surface area contributed by atoms with Crippen molar-refractivity contribution in [3.63, 3.8) is 0 Å². The van der Waals surface area contributed by atoms with Crippen molar-refractivity contribution in [2.24, 2.45) is 0 Å². The smallest absolute Gasteiger partial charge is 0.316 e. The summed E-state index contributed by atoms with van der Waals surface area (Å²) >= 11 is 0. The highest BCUT2D eigenvalue weighted by Crippen LogP contribution is 2.45. The van der Waals surface area contributed by atoms with Crippen molar-refractivity contribution in [1.82, 2.24) is 20.5 Å². The van der Waals surface area contributed by atoms with Crippen molar-refractivity contribution < 1.29 is 23.1 Å². The molecule has 2 aromatic carbocycles. The van der Waals surface area contributed by atoms with Gasteiger partial charge in [-0.15, -0.1) is 0 Å². The molecule has 0 bridgehead atoms. The summed E-state index contributed by atoms with van der Waals surface area (Å²) in [5, 5.41) is 6.69. The Hall–Kier alpha value is -3.75. The Bertz CT molecular complexity index is 1300. The van der Waals surface area contributed by atoms with E-state index in [0.717, 1.165) is 28.7 Å². The highest BCUT2D eigenvalue weighted by molar-refractivity contribution is 5.90. The second-order valence-corrected chi connectivity index (χ2v) is 9.44. The molecule has 0 radical (unpaired) electrons.